The number of ether oxygens (including phenoxy) is 1. The van der Waals surface area contributed by atoms with E-state index in [1.54, 1.807) is 11.8 Å². The number of fused-ring (bicyclic) bond motifs is 1. The van der Waals surface area contributed by atoms with Crippen molar-refractivity contribution in [2.75, 3.05) is 37.7 Å². The molecule has 0 spiro atoms. The Morgan fingerprint density at radius 2 is 1.93 bits per heavy atom. The van der Waals surface area contributed by atoms with E-state index >= 15 is 0 Å². The van der Waals surface area contributed by atoms with Gasteiger partial charge in [0.05, 0.1) is 22.8 Å². The number of rotatable bonds is 6. The minimum atomic E-state index is -0.240. The Hall–Kier alpha value is -2.22. The molecule has 1 saturated heterocycles. The number of esters is 1. The van der Waals surface area contributed by atoms with Crippen molar-refractivity contribution in [3.8, 4) is 0 Å². The summed E-state index contributed by atoms with van der Waals surface area (Å²) in [4.78, 5) is 40.3. The van der Waals surface area contributed by atoms with Crippen LogP contribution in [0.25, 0.3) is 10.2 Å². The van der Waals surface area contributed by atoms with Gasteiger partial charge in [-0.05, 0) is 53.0 Å². The maximum atomic E-state index is 13.3. The van der Waals surface area contributed by atoms with Crippen LogP contribution >= 0.6 is 11.3 Å². The highest BCUT2D eigenvalue weighted by Crippen LogP contribution is 2.36. The third-order valence-electron chi connectivity index (χ3n) is 5.47. The summed E-state index contributed by atoms with van der Waals surface area (Å²) in [6.45, 7) is 13.0. The van der Waals surface area contributed by atoms with Gasteiger partial charge in [0.25, 0.3) is 5.91 Å². The van der Waals surface area contributed by atoms with Crippen molar-refractivity contribution < 1.29 is 14.3 Å². The first-order chi connectivity index (χ1) is 13.9. The number of anilines is 1. The molecule has 1 aliphatic heterocycles. The molecular formula is C21H30N4O3S. The number of aryl methyl sites for hydroxylation is 2. The number of piperidine rings is 1. The second kappa shape index (κ2) is 9.07. The first kappa shape index (κ1) is 21.5. The lowest BCUT2D eigenvalue weighted by Crippen LogP contribution is -2.42. The lowest BCUT2D eigenvalue weighted by Gasteiger charge is -2.31. The van der Waals surface area contributed by atoms with E-state index in [1.807, 2.05) is 13.8 Å². The Morgan fingerprint density at radius 1 is 1.21 bits per heavy atom. The molecule has 0 bridgehead atoms. The highest BCUT2D eigenvalue weighted by molar-refractivity contribution is 7.20. The molecule has 3 rings (SSSR count). The summed E-state index contributed by atoms with van der Waals surface area (Å²) in [5.41, 5.74) is 0.926. The molecule has 0 saturated carbocycles. The summed E-state index contributed by atoms with van der Waals surface area (Å²) in [6, 6.07) is 0. The van der Waals surface area contributed by atoms with Gasteiger partial charge in [-0.25, -0.2) is 9.97 Å². The van der Waals surface area contributed by atoms with Crippen molar-refractivity contribution in [2.45, 2.75) is 47.5 Å². The number of carbonyl (C=O) groups excluding carboxylic acids is 2. The Balaban J connectivity index is 1.95. The second-order valence-electron chi connectivity index (χ2n) is 7.35. The molecule has 29 heavy (non-hydrogen) atoms. The van der Waals surface area contributed by atoms with Crippen LogP contribution in [0.4, 0.5) is 5.82 Å². The highest BCUT2D eigenvalue weighted by Gasteiger charge is 2.32. The van der Waals surface area contributed by atoms with Crippen LogP contribution in [-0.4, -0.2) is 59.5 Å². The quantitative estimate of drug-likeness (QED) is 0.668. The minimum Gasteiger partial charge on any atom is -0.466 e. The molecule has 1 amide bonds. The fourth-order valence-electron chi connectivity index (χ4n) is 3.94. The zero-order valence-corrected chi connectivity index (χ0v) is 18.8. The van der Waals surface area contributed by atoms with E-state index in [-0.39, 0.29) is 17.8 Å². The molecule has 0 N–H and O–H groups in total. The minimum absolute atomic E-state index is 0.0253. The maximum absolute atomic E-state index is 13.3. The summed E-state index contributed by atoms with van der Waals surface area (Å²) in [5.74, 6) is 1.13. The summed E-state index contributed by atoms with van der Waals surface area (Å²) in [5, 5.41) is 0.964. The number of likely N-dealkylation sites (tertiary alicyclic amines) is 1. The number of nitrogens with zero attached hydrogens (tertiary/aromatic N) is 4. The van der Waals surface area contributed by atoms with Crippen LogP contribution in [0, 0.1) is 19.8 Å². The molecule has 0 aliphatic carbocycles. The Bertz CT molecular complexity index is 907. The van der Waals surface area contributed by atoms with Gasteiger partial charge in [0.2, 0.25) is 0 Å². The van der Waals surface area contributed by atoms with Crippen LogP contribution in [0.5, 0.6) is 0 Å². The van der Waals surface area contributed by atoms with E-state index in [0.717, 1.165) is 47.5 Å². The van der Waals surface area contributed by atoms with Gasteiger partial charge < -0.3 is 14.5 Å². The molecule has 1 unspecified atom stereocenters. The van der Waals surface area contributed by atoms with Crippen LogP contribution in [0.2, 0.25) is 0 Å². The normalized spacial score (nSPS) is 16.9. The monoisotopic (exact) mass is 418 g/mol. The number of carbonyl (C=O) groups is 2. The van der Waals surface area contributed by atoms with Crippen molar-refractivity contribution in [3.05, 3.63) is 16.3 Å². The number of aromatic nitrogens is 2. The van der Waals surface area contributed by atoms with Gasteiger partial charge in [0, 0.05) is 26.2 Å². The van der Waals surface area contributed by atoms with Gasteiger partial charge in [0.1, 0.15) is 16.5 Å². The average molecular weight is 419 g/mol. The molecule has 1 fully saturated rings. The van der Waals surface area contributed by atoms with E-state index in [0.29, 0.717) is 30.4 Å². The average Bonchev–Trinajstić information content (AvgIpc) is 3.04. The largest absolute Gasteiger partial charge is 0.466 e. The molecule has 0 radical (unpaired) electrons. The zero-order valence-electron chi connectivity index (χ0n) is 17.9. The molecule has 158 valence electrons. The van der Waals surface area contributed by atoms with Crippen molar-refractivity contribution in [2.24, 2.45) is 5.92 Å². The standard InChI is InChI=1S/C21H30N4O3S/c1-6-24(7-2)18-16-13(4)17(29-19(16)23-14(5)22-18)20(26)25-11-9-10-15(12-25)21(27)28-8-3/h15H,6-12H2,1-5H3. The Kier molecular flexibility index (Phi) is 6.72. The van der Waals surface area contributed by atoms with Gasteiger partial charge in [-0.1, -0.05) is 0 Å². The van der Waals surface area contributed by atoms with E-state index in [1.165, 1.54) is 11.3 Å². The number of amides is 1. The third-order valence-corrected chi connectivity index (χ3v) is 6.64. The van der Waals surface area contributed by atoms with Gasteiger partial charge in [0.15, 0.2) is 0 Å². The topological polar surface area (TPSA) is 75.6 Å². The fraction of sp³-hybridized carbons (Fsp3) is 0.619. The van der Waals surface area contributed by atoms with E-state index in [9.17, 15) is 9.59 Å². The van der Waals surface area contributed by atoms with Gasteiger partial charge in [-0.2, -0.15) is 0 Å². The molecule has 1 atom stereocenters. The first-order valence-corrected chi connectivity index (χ1v) is 11.2. The van der Waals surface area contributed by atoms with E-state index in [2.05, 4.69) is 28.7 Å². The van der Waals surface area contributed by atoms with Crippen LogP contribution in [-0.2, 0) is 9.53 Å². The lowest BCUT2D eigenvalue weighted by molar-refractivity contribution is -0.149. The van der Waals surface area contributed by atoms with E-state index in [4.69, 9.17) is 4.74 Å². The summed E-state index contributed by atoms with van der Waals surface area (Å²) < 4.78 is 5.17. The van der Waals surface area contributed by atoms with Crippen molar-refractivity contribution in [1.29, 1.82) is 0 Å². The molecule has 8 heteroatoms. The predicted octanol–water partition coefficient (Wildman–Crippen LogP) is 3.57. The van der Waals surface area contributed by atoms with E-state index < -0.39 is 0 Å². The van der Waals surface area contributed by atoms with Crippen LogP contribution in [0.1, 0.15) is 54.7 Å². The van der Waals surface area contributed by atoms with Crippen molar-refractivity contribution in [3.63, 3.8) is 0 Å². The van der Waals surface area contributed by atoms with Gasteiger partial charge in [-0.15, -0.1) is 11.3 Å². The summed E-state index contributed by atoms with van der Waals surface area (Å²) in [6.07, 6.45) is 1.58. The molecule has 3 heterocycles. The summed E-state index contributed by atoms with van der Waals surface area (Å²) >= 11 is 1.43. The second-order valence-corrected chi connectivity index (χ2v) is 8.34. The van der Waals surface area contributed by atoms with Crippen LogP contribution in [0.15, 0.2) is 0 Å². The van der Waals surface area contributed by atoms with Crippen LogP contribution < -0.4 is 4.90 Å². The lowest BCUT2D eigenvalue weighted by atomic mass is 9.98. The first-order valence-electron chi connectivity index (χ1n) is 10.4. The third kappa shape index (κ3) is 4.22. The predicted molar refractivity (Wildman–Crippen MR) is 116 cm³/mol. The zero-order chi connectivity index (χ0) is 21.1. The van der Waals surface area contributed by atoms with Crippen molar-refractivity contribution >= 4 is 39.2 Å². The summed E-state index contributed by atoms with van der Waals surface area (Å²) in [7, 11) is 0. The number of hydrogen-bond donors (Lipinski definition) is 0. The van der Waals surface area contributed by atoms with Crippen LogP contribution in [0.3, 0.4) is 0 Å². The fourth-order valence-corrected chi connectivity index (χ4v) is 5.12. The Labute approximate surface area is 176 Å². The SMILES string of the molecule is CCOC(=O)C1CCCN(C(=O)c2sc3nc(C)nc(N(CC)CC)c3c2C)C1. The maximum Gasteiger partial charge on any atom is 0.310 e. The smallest absolute Gasteiger partial charge is 0.310 e. The molecular weight excluding hydrogens is 388 g/mol. The molecule has 1 aliphatic rings. The van der Waals surface area contributed by atoms with Crippen molar-refractivity contribution in [1.82, 2.24) is 14.9 Å². The number of thiophene rings is 1. The van der Waals surface area contributed by atoms with Gasteiger partial charge in [-0.3, -0.25) is 9.59 Å². The molecule has 2 aromatic rings. The Morgan fingerprint density at radius 3 is 2.59 bits per heavy atom. The molecule has 0 aromatic carbocycles. The molecule has 7 nitrogen and oxygen atoms in total. The number of hydrogen-bond acceptors (Lipinski definition) is 7. The highest BCUT2D eigenvalue weighted by atomic mass is 32.1. The van der Waals surface area contributed by atoms with Gasteiger partial charge >= 0.3 is 5.97 Å². The molecule has 2 aromatic heterocycles.